The van der Waals surface area contributed by atoms with Crippen LogP contribution in [0.4, 0.5) is 0 Å². The van der Waals surface area contributed by atoms with E-state index in [9.17, 15) is 0 Å². The van der Waals surface area contributed by atoms with Crippen LogP contribution in [0.1, 0.15) is 13.3 Å². The van der Waals surface area contributed by atoms with Gasteiger partial charge in [-0.3, -0.25) is 0 Å². The number of methoxy groups -OCH3 is 1. The van der Waals surface area contributed by atoms with Crippen molar-refractivity contribution >= 4 is 0 Å². The fraction of sp³-hybridized carbons (Fsp3) is 1.00. The van der Waals surface area contributed by atoms with E-state index < -0.39 is 0 Å². The maximum Gasteiger partial charge on any atom is 0.0477 e. The SMILES string of the molecule is COCCC1CNC(C)CN1C. The van der Waals surface area contributed by atoms with E-state index in [4.69, 9.17) is 4.74 Å². The fourth-order valence-corrected chi connectivity index (χ4v) is 1.71. The minimum Gasteiger partial charge on any atom is -0.385 e. The highest BCUT2D eigenvalue weighted by Crippen LogP contribution is 2.07. The van der Waals surface area contributed by atoms with Crippen LogP contribution < -0.4 is 5.32 Å². The van der Waals surface area contributed by atoms with Crippen LogP contribution in [0, 0.1) is 0 Å². The Hall–Kier alpha value is -0.120. The zero-order valence-corrected chi connectivity index (χ0v) is 8.34. The van der Waals surface area contributed by atoms with Crippen molar-refractivity contribution in [2.24, 2.45) is 0 Å². The minimum atomic E-state index is 0.633. The predicted octanol–water partition coefficient (Wildman–Crippen LogP) is 0.315. The normalized spacial score (nSPS) is 32.2. The van der Waals surface area contributed by atoms with Crippen molar-refractivity contribution in [3.8, 4) is 0 Å². The maximum atomic E-state index is 5.07. The highest BCUT2D eigenvalue weighted by Gasteiger charge is 2.21. The molecule has 12 heavy (non-hydrogen) atoms. The standard InChI is InChI=1S/C9H20N2O/c1-8-7-11(2)9(6-10-8)4-5-12-3/h8-10H,4-7H2,1-3H3. The van der Waals surface area contributed by atoms with Crippen LogP contribution >= 0.6 is 0 Å². The van der Waals surface area contributed by atoms with Gasteiger partial charge in [0.1, 0.15) is 0 Å². The van der Waals surface area contributed by atoms with Gasteiger partial charge in [-0.15, -0.1) is 0 Å². The average Bonchev–Trinajstić information content (AvgIpc) is 2.03. The smallest absolute Gasteiger partial charge is 0.0477 e. The van der Waals surface area contributed by atoms with E-state index >= 15 is 0 Å². The van der Waals surface area contributed by atoms with Gasteiger partial charge in [0.25, 0.3) is 0 Å². The molecule has 1 aliphatic rings. The largest absolute Gasteiger partial charge is 0.385 e. The van der Waals surface area contributed by atoms with Gasteiger partial charge in [-0.1, -0.05) is 0 Å². The molecule has 1 N–H and O–H groups in total. The summed E-state index contributed by atoms with van der Waals surface area (Å²) in [6.45, 7) is 5.34. The van der Waals surface area contributed by atoms with Gasteiger partial charge in [0, 0.05) is 38.9 Å². The lowest BCUT2D eigenvalue weighted by molar-refractivity contribution is 0.117. The van der Waals surface area contributed by atoms with Crippen molar-refractivity contribution in [2.45, 2.75) is 25.4 Å². The number of rotatable bonds is 3. The molecule has 0 bridgehead atoms. The molecule has 0 spiro atoms. The number of likely N-dealkylation sites (N-methyl/N-ethyl adjacent to an activating group) is 1. The number of nitrogens with zero attached hydrogens (tertiary/aromatic N) is 1. The Bertz CT molecular complexity index is 128. The maximum absolute atomic E-state index is 5.07. The topological polar surface area (TPSA) is 24.5 Å². The van der Waals surface area contributed by atoms with E-state index in [1.807, 2.05) is 0 Å². The zero-order chi connectivity index (χ0) is 8.97. The Balaban J connectivity index is 2.25. The first-order chi connectivity index (χ1) is 5.74. The van der Waals surface area contributed by atoms with Gasteiger partial charge in [0.15, 0.2) is 0 Å². The van der Waals surface area contributed by atoms with Crippen LogP contribution in [-0.2, 0) is 4.74 Å². The summed E-state index contributed by atoms with van der Waals surface area (Å²) in [5.41, 5.74) is 0. The first-order valence-electron chi connectivity index (χ1n) is 4.66. The van der Waals surface area contributed by atoms with Gasteiger partial charge in [0.2, 0.25) is 0 Å². The molecule has 0 amide bonds. The summed E-state index contributed by atoms with van der Waals surface area (Å²) in [5.74, 6) is 0. The minimum absolute atomic E-state index is 0.633. The molecular formula is C9H20N2O. The molecule has 0 saturated carbocycles. The van der Waals surface area contributed by atoms with Gasteiger partial charge in [0.05, 0.1) is 0 Å². The Morgan fingerprint density at radius 3 is 2.92 bits per heavy atom. The molecule has 3 heteroatoms. The van der Waals surface area contributed by atoms with E-state index in [0.29, 0.717) is 12.1 Å². The quantitative estimate of drug-likeness (QED) is 0.663. The summed E-state index contributed by atoms with van der Waals surface area (Å²) in [6, 6.07) is 1.29. The van der Waals surface area contributed by atoms with Gasteiger partial charge >= 0.3 is 0 Å². The van der Waals surface area contributed by atoms with E-state index in [-0.39, 0.29) is 0 Å². The number of nitrogens with one attached hydrogen (secondary N) is 1. The van der Waals surface area contributed by atoms with Gasteiger partial charge in [-0.05, 0) is 20.4 Å². The van der Waals surface area contributed by atoms with E-state index in [1.165, 1.54) is 0 Å². The molecule has 1 heterocycles. The van der Waals surface area contributed by atoms with Crippen LogP contribution in [0.5, 0.6) is 0 Å². The van der Waals surface area contributed by atoms with E-state index in [1.54, 1.807) is 7.11 Å². The highest BCUT2D eigenvalue weighted by molar-refractivity contribution is 4.81. The summed E-state index contributed by atoms with van der Waals surface area (Å²) in [5, 5.41) is 3.47. The van der Waals surface area contributed by atoms with E-state index in [2.05, 4.69) is 24.2 Å². The Morgan fingerprint density at radius 2 is 2.33 bits per heavy atom. The van der Waals surface area contributed by atoms with Crippen LogP contribution in [0.25, 0.3) is 0 Å². The molecule has 1 aliphatic heterocycles. The molecule has 2 unspecified atom stereocenters. The molecule has 0 aromatic rings. The van der Waals surface area contributed by atoms with Crippen molar-refractivity contribution in [3.05, 3.63) is 0 Å². The molecule has 0 radical (unpaired) electrons. The summed E-state index contributed by atoms with van der Waals surface area (Å²) >= 11 is 0. The number of hydrogen-bond donors (Lipinski definition) is 1. The molecule has 3 nitrogen and oxygen atoms in total. The molecule has 72 valence electrons. The third kappa shape index (κ3) is 2.73. The highest BCUT2D eigenvalue weighted by atomic mass is 16.5. The lowest BCUT2D eigenvalue weighted by atomic mass is 10.1. The van der Waals surface area contributed by atoms with Crippen LogP contribution in [0.2, 0.25) is 0 Å². The Kier molecular flexibility index (Phi) is 3.98. The Morgan fingerprint density at radius 1 is 1.58 bits per heavy atom. The van der Waals surface area contributed by atoms with Crippen LogP contribution in [-0.4, -0.2) is 50.8 Å². The second-order valence-corrected chi connectivity index (χ2v) is 3.68. The molecule has 1 fully saturated rings. The summed E-state index contributed by atoms with van der Waals surface area (Å²) in [4.78, 5) is 2.42. The zero-order valence-electron chi connectivity index (χ0n) is 8.34. The first-order valence-corrected chi connectivity index (χ1v) is 4.66. The van der Waals surface area contributed by atoms with Gasteiger partial charge in [-0.2, -0.15) is 0 Å². The molecule has 0 aromatic heterocycles. The summed E-state index contributed by atoms with van der Waals surface area (Å²) in [6.07, 6.45) is 1.13. The van der Waals surface area contributed by atoms with E-state index in [0.717, 1.165) is 26.1 Å². The molecule has 1 saturated heterocycles. The van der Waals surface area contributed by atoms with Crippen molar-refractivity contribution < 1.29 is 4.74 Å². The monoisotopic (exact) mass is 172 g/mol. The number of piperazine rings is 1. The third-order valence-corrected chi connectivity index (χ3v) is 2.54. The Labute approximate surface area is 75.1 Å². The second-order valence-electron chi connectivity index (χ2n) is 3.68. The predicted molar refractivity (Wildman–Crippen MR) is 50.4 cm³/mol. The number of ether oxygens (including phenoxy) is 1. The van der Waals surface area contributed by atoms with Crippen molar-refractivity contribution in [1.29, 1.82) is 0 Å². The van der Waals surface area contributed by atoms with Crippen molar-refractivity contribution in [1.82, 2.24) is 10.2 Å². The summed E-state index contributed by atoms with van der Waals surface area (Å²) < 4.78 is 5.07. The van der Waals surface area contributed by atoms with Crippen LogP contribution in [0.15, 0.2) is 0 Å². The summed E-state index contributed by atoms with van der Waals surface area (Å²) in [7, 11) is 3.95. The first kappa shape index (κ1) is 9.96. The van der Waals surface area contributed by atoms with Gasteiger partial charge in [-0.25, -0.2) is 0 Å². The molecule has 0 aliphatic carbocycles. The molecule has 1 rings (SSSR count). The number of hydrogen-bond acceptors (Lipinski definition) is 3. The van der Waals surface area contributed by atoms with Gasteiger partial charge < -0.3 is 15.0 Å². The third-order valence-electron chi connectivity index (χ3n) is 2.54. The molecular weight excluding hydrogens is 152 g/mol. The average molecular weight is 172 g/mol. The fourth-order valence-electron chi connectivity index (χ4n) is 1.71. The van der Waals surface area contributed by atoms with Crippen molar-refractivity contribution in [2.75, 3.05) is 33.9 Å². The molecule has 2 atom stereocenters. The van der Waals surface area contributed by atoms with Crippen LogP contribution in [0.3, 0.4) is 0 Å². The second kappa shape index (κ2) is 4.80. The lowest BCUT2D eigenvalue weighted by Gasteiger charge is -2.36. The lowest BCUT2D eigenvalue weighted by Crippen LogP contribution is -2.54. The molecule has 0 aromatic carbocycles. The van der Waals surface area contributed by atoms with Crippen molar-refractivity contribution in [3.63, 3.8) is 0 Å².